The van der Waals surface area contributed by atoms with Gasteiger partial charge in [-0.15, -0.1) is 0 Å². The molecular formula is C14H24N2OS. The lowest BCUT2D eigenvalue weighted by atomic mass is 9.84. The minimum absolute atomic E-state index is 0.318. The summed E-state index contributed by atoms with van der Waals surface area (Å²) < 4.78 is 0.367. The first-order valence-corrected chi connectivity index (χ1v) is 8.46. The van der Waals surface area contributed by atoms with E-state index in [1.54, 1.807) is 0 Å². The molecular weight excluding hydrogens is 244 g/mol. The van der Waals surface area contributed by atoms with E-state index >= 15 is 0 Å². The van der Waals surface area contributed by atoms with Gasteiger partial charge in [0.1, 0.15) is 0 Å². The van der Waals surface area contributed by atoms with Gasteiger partial charge < -0.3 is 10.6 Å². The van der Waals surface area contributed by atoms with E-state index in [0.717, 1.165) is 26.1 Å². The van der Waals surface area contributed by atoms with Crippen molar-refractivity contribution in [3.63, 3.8) is 0 Å². The summed E-state index contributed by atoms with van der Waals surface area (Å²) in [5, 5.41) is 6.62. The molecule has 0 aromatic carbocycles. The van der Waals surface area contributed by atoms with Gasteiger partial charge >= 0.3 is 0 Å². The number of hydrogen-bond acceptors (Lipinski definition) is 3. The third-order valence-electron chi connectivity index (χ3n) is 5.39. The summed E-state index contributed by atoms with van der Waals surface area (Å²) in [6.07, 6.45) is 9.57. The molecule has 0 bridgehead atoms. The van der Waals surface area contributed by atoms with E-state index in [9.17, 15) is 4.79 Å². The highest BCUT2D eigenvalue weighted by Gasteiger charge is 2.57. The van der Waals surface area contributed by atoms with Crippen molar-refractivity contribution in [1.82, 2.24) is 10.6 Å². The molecule has 102 valence electrons. The van der Waals surface area contributed by atoms with Gasteiger partial charge in [-0.3, -0.25) is 4.79 Å². The molecule has 2 saturated carbocycles. The summed E-state index contributed by atoms with van der Waals surface area (Å²) in [7, 11) is 0. The first-order chi connectivity index (χ1) is 8.70. The van der Waals surface area contributed by atoms with E-state index in [1.807, 2.05) is 11.8 Å². The van der Waals surface area contributed by atoms with Gasteiger partial charge in [-0.05, 0) is 56.9 Å². The molecule has 1 aliphatic heterocycles. The lowest BCUT2D eigenvalue weighted by Gasteiger charge is -2.40. The van der Waals surface area contributed by atoms with Crippen LogP contribution in [0, 0.1) is 11.3 Å². The fourth-order valence-electron chi connectivity index (χ4n) is 3.59. The van der Waals surface area contributed by atoms with Crippen molar-refractivity contribution < 1.29 is 4.79 Å². The van der Waals surface area contributed by atoms with E-state index in [0.29, 0.717) is 22.0 Å². The van der Waals surface area contributed by atoms with Crippen LogP contribution in [0.5, 0.6) is 0 Å². The molecule has 3 nitrogen and oxygen atoms in total. The molecule has 1 saturated heterocycles. The number of carbonyl (C=O) groups excluding carboxylic acids is 1. The zero-order valence-electron chi connectivity index (χ0n) is 11.3. The second kappa shape index (κ2) is 4.71. The predicted octanol–water partition coefficient (Wildman–Crippen LogP) is 1.78. The van der Waals surface area contributed by atoms with Crippen molar-refractivity contribution in [3.8, 4) is 0 Å². The number of nitrogens with one attached hydrogen (secondary N) is 2. The number of piperidine rings is 1. The van der Waals surface area contributed by atoms with Gasteiger partial charge in [-0.25, -0.2) is 0 Å². The maximum atomic E-state index is 12.2. The lowest BCUT2D eigenvalue weighted by molar-refractivity contribution is -0.123. The Kier molecular flexibility index (Phi) is 3.35. The molecule has 1 spiro atoms. The molecule has 0 aromatic rings. The summed E-state index contributed by atoms with van der Waals surface area (Å²) in [5.41, 5.74) is 0.376. The van der Waals surface area contributed by atoms with E-state index < -0.39 is 0 Å². The Balaban J connectivity index is 1.48. The van der Waals surface area contributed by atoms with Crippen LogP contribution in [0.4, 0.5) is 0 Å². The molecule has 1 unspecified atom stereocenters. The zero-order chi connectivity index (χ0) is 12.6. The molecule has 2 N–H and O–H groups in total. The van der Waals surface area contributed by atoms with Crippen LogP contribution in [0.25, 0.3) is 0 Å². The molecule has 1 amide bonds. The molecule has 3 rings (SSSR count). The highest BCUT2D eigenvalue weighted by Crippen LogP contribution is 2.58. The molecule has 18 heavy (non-hydrogen) atoms. The van der Waals surface area contributed by atoms with Gasteiger partial charge in [-0.1, -0.05) is 6.42 Å². The van der Waals surface area contributed by atoms with Crippen LogP contribution in [0.2, 0.25) is 0 Å². The van der Waals surface area contributed by atoms with Crippen molar-refractivity contribution in [2.24, 2.45) is 11.3 Å². The average molecular weight is 268 g/mol. The maximum Gasteiger partial charge on any atom is 0.223 e. The Labute approximate surface area is 114 Å². The topological polar surface area (TPSA) is 41.1 Å². The van der Waals surface area contributed by atoms with E-state index in [4.69, 9.17) is 0 Å². The number of carbonyl (C=O) groups is 1. The van der Waals surface area contributed by atoms with Gasteiger partial charge in [0.2, 0.25) is 5.91 Å². The largest absolute Gasteiger partial charge is 0.354 e. The summed E-state index contributed by atoms with van der Waals surface area (Å²) in [6, 6.07) is 0. The van der Waals surface area contributed by atoms with E-state index in [1.165, 1.54) is 32.1 Å². The third kappa shape index (κ3) is 2.18. The SMILES string of the molecule is CSC1(CNC(=O)C2CC23CCNCC3)CCC1. The van der Waals surface area contributed by atoms with Crippen LogP contribution in [0.3, 0.4) is 0 Å². The minimum Gasteiger partial charge on any atom is -0.354 e. The Morgan fingerprint density at radius 2 is 2.06 bits per heavy atom. The normalized spacial score (nSPS) is 31.7. The molecule has 4 heteroatoms. The molecule has 3 aliphatic rings. The van der Waals surface area contributed by atoms with Gasteiger partial charge in [-0.2, -0.15) is 11.8 Å². The van der Waals surface area contributed by atoms with Crippen LogP contribution in [-0.2, 0) is 4.79 Å². The maximum absolute atomic E-state index is 12.2. The van der Waals surface area contributed by atoms with Crippen molar-refractivity contribution in [1.29, 1.82) is 0 Å². The number of hydrogen-bond donors (Lipinski definition) is 2. The van der Waals surface area contributed by atoms with Crippen molar-refractivity contribution in [3.05, 3.63) is 0 Å². The van der Waals surface area contributed by atoms with Crippen LogP contribution < -0.4 is 10.6 Å². The Hall–Kier alpha value is -0.220. The quantitative estimate of drug-likeness (QED) is 0.816. The fraction of sp³-hybridized carbons (Fsp3) is 0.929. The second-order valence-electron chi connectivity index (χ2n) is 6.33. The molecule has 1 atom stereocenters. The Bertz CT molecular complexity index is 329. The van der Waals surface area contributed by atoms with Crippen LogP contribution in [0.1, 0.15) is 38.5 Å². The molecule has 1 heterocycles. The average Bonchev–Trinajstić information content (AvgIpc) is 3.03. The fourth-order valence-corrected chi connectivity index (χ4v) is 4.50. The third-order valence-corrected chi connectivity index (χ3v) is 6.81. The van der Waals surface area contributed by atoms with Crippen LogP contribution in [0.15, 0.2) is 0 Å². The smallest absolute Gasteiger partial charge is 0.223 e. The molecule has 0 radical (unpaired) electrons. The van der Waals surface area contributed by atoms with Gasteiger partial charge in [0.05, 0.1) is 0 Å². The number of rotatable bonds is 4. The zero-order valence-corrected chi connectivity index (χ0v) is 12.1. The van der Waals surface area contributed by atoms with E-state index in [-0.39, 0.29) is 0 Å². The summed E-state index contributed by atoms with van der Waals surface area (Å²) in [5.74, 6) is 0.649. The molecule has 0 aromatic heterocycles. The van der Waals surface area contributed by atoms with Gasteiger partial charge in [0, 0.05) is 17.2 Å². The first-order valence-electron chi connectivity index (χ1n) is 7.23. The summed E-state index contributed by atoms with van der Waals surface area (Å²) in [4.78, 5) is 12.2. The monoisotopic (exact) mass is 268 g/mol. The number of amides is 1. The first kappa shape index (κ1) is 12.8. The number of thioether (sulfide) groups is 1. The molecule has 3 fully saturated rings. The lowest BCUT2D eigenvalue weighted by Crippen LogP contribution is -2.46. The van der Waals surface area contributed by atoms with Crippen molar-refractivity contribution in [2.75, 3.05) is 25.9 Å². The highest BCUT2D eigenvalue weighted by atomic mass is 32.2. The van der Waals surface area contributed by atoms with Crippen LogP contribution in [-0.4, -0.2) is 36.5 Å². The van der Waals surface area contributed by atoms with Crippen LogP contribution >= 0.6 is 11.8 Å². The molecule has 2 aliphatic carbocycles. The standard InChI is InChI=1S/C14H24N2OS/c1-18-14(3-2-4-14)10-16-12(17)11-9-13(11)5-7-15-8-6-13/h11,15H,2-10H2,1H3,(H,16,17). The minimum atomic E-state index is 0.318. The van der Waals surface area contributed by atoms with E-state index in [2.05, 4.69) is 16.9 Å². The Morgan fingerprint density at radius 1 is 1.33 bits per heavy atom. The second-order valence-corrected chi connectivity index (χ2v) is 7.60. The summed E-state index contributed by atoms with van der Waals surface area (Å²) in [6.45, 7) is 3.08. The Morgan fingerprint density at radius 3 is 2.61 bits per heavy atom. The highest BCUT2D eigenvalue weighted by molar-refractivity contribution is 8.00. The van der Waals surface area contributed by atoms with Crippen molar-refractivity contribution >= 4 is 17.7 Å². The van der Waals surface area contributed by atoms with Gasteiger partial charge in [0.15, 0.2) is 0 Å². The predicted molar refractivity (Wildman–Crippen MR) is 75.8 cm³/mol. The van der Waals surface area contributed by atoms with Gasteiger partial charge in [0.25, 0.3) is 0 Å². The van der Waals surface area contributed by atoms with Crippen molar-refractivity contribution in [2.45, 2.75) is 43.3 Å². The summed E-state index contributed by atoms with van der Waals surface area (Å²) >= 11 is 1.94.